The van der Waals surface area contributed by atoms with Gasteiger partial charge in [-0.1, -0.05) is 47.0 Å². The molecule has 194 valence electrons. The lowest BCUT2D eigenvalue weighted by Gasteiger charge is -2.22. The van der Waals surface area contributed by atoms with Crippen molar-refractivity contribution < 1.29 is 22.4 Å². The number of nitrogens with zero attached hydrogens (tertiary/aromatic N) is 2. The van der Waals surface area contributed by atoms with Crippen LogP contribution in [0.25, 0.3) is 6.08 Å². The van der Waals surface area contributed by atoms with E-state index < -0.39 is 15.9 Å². The maximum Gasteiger partial charge on any atom is 0.262 e. The zero-order valence-corrected chi connectivity index (χ0v) is 22.5. The highest BCUT2D eigenvalue weighted by Crippen LogP contribution is 2.27. The predicted molar refractivity (Wildman–Crippen MR) is 141 cm³/mol. The van der Waals surface area contributed by atoms with Crippen molar-refractivity contribution >= 4 is 45.2 Å². The number of nitrogens with one attached hydrogen (secondary N) is 1. The molecule has 0 atom stereocenters. The number of hydrogen-bond donors (Lipinski definition) is 1. The number of furan rings is 1. The molecule has 0 unspecified atom stereocenters. The van der Waals surface area contributed by atoms with Crippen LogP contribution in [-0.2, 0) is 32.6 Å². The maximum atomic E-state index is 13.6. The molecule has 37 heavy (non-hydrogen) atoms. The number of halogens is 2. The molecule has 0 aliphatic rings. The fourth-order valence-electron chi connectivity index (χ4n) is 3.31. The van der Waals surface area contributed by atoms with E-state index in [4.69, 9.17) is 32.4 Å². The quantitative estimate of drug-likeness (QED) is 0.201. The van der Waals surface area contributed by atoms with Gasteiger partial charge in [0.25, 0.3) is 5.91 Å². The summed E-state index contributed by atoms with van der Waals surface area (Å²) in [7, 11) is -2.45. The summed E-state index contributed by atoms with van der Waals surface area (Å²) in [6.07, 6.45) is 1.29. The van der Waals surface area contributed by atoms with E-state index >= 15 is 0 Å². The first-order chi connectivity index (χ1) is 17.6. The highest BCUT2D eigenvalue weighted by Gasteiger charge is 2.27. The summed E-state index contributed by atoms with van der Waals surface area (Å²) in [4.78, 5) is 12.3. The van der Waals surface area contributed by atoms with E-state index in [1.54, 1.807) is 54.6 Å². The Bertz CT molecular complexity index is 1430. The van der Waals surface area contributed by atoms with Crippen molar-refractivity contribution in [3.05, 3.63) is 92.9 Å². The number of aryl methyl sites for hydroxylation is 1. The largest absolute Gasteiger partial charge is 0.460 e. The minimum atomic E-state index is -3.95. The second kappa shape index (κ2) is 12.9. The smallest absolute Gasteiger partial charge is 0.262 e. The average molecular weight is 562 g/mol. The summed E-state index contributed by atoms with van der Waals surface area (Å²) in [6, 6.07) is 16.4. The van der Waals surface area contributed by atoms with Gasteiger partial charge in [0.1, 0.15) is 23.2 Å². The molecule has 0 radical (unpaired) electrons. The summed E-state index contributed by atoms with van der Waals surface area (Å²) in [5, 5.41) is 12.7. The zero-order valence-electron chi connectivity index (χ0n) is 20.2. The van der Waals surface area contributed by atoms with Gasteiger partial charge in [-0.05, 0) is 48.9 Å². The van der Waals surface area contributed by atoms with Gasteiger partial charge in [0.2, 0.25) is 10.0 Å². The molecule has 0 fully saturated rings. The Balaban J connectivity index is 1.90. The molecule has 0 aliphatic carbocycles. The average Bonchev–Trinajstić information content (AvgIpc) is 3.31. The lowest BCUT2D eigenvalue weighted by atomic mass is 10.2. The highest BCUT2D eigenvalue weighted by atomic mass is 35.5. The van der Waals surface area contributed by atoms with Gasteiger partial charge in [0.15, 0.2) is 0 Å². The number of methoxy groups -OCH3 is 1. The Morgan fingerprint density at radius 2 is 1.86 bits per heavy atom. The fourth-order valence-corrected chi connectivity index (χ4v) is 5.16. The standard InChI is InChI=1S/C26H25Cl2N3O5S/c1-18-3-9-24(10-4-18)37(33,34)31(16-19-5-6-21(27)14-25(19)28)17-23-8-7-22(36-23)13-20(15-29)26(32)30-11-12-35-2/h3-10,13-14H,11-12,16-17H2,1-2H3,(H,30,32)/b20-13-. The van der Waals surface area contributed by atoms with Crippen molar-refractivity contribution in [2.75, 3.05) is 20.3 Å². The molecule has 1 amide bonds. The molecule has 1 heterocycles. The number of sulfonamides is 1. The van der Waals surface area contributed by atoms with Crippen molar-refractivity contribution in [3.63, 3.8) is 0 Å². The SMILES string of the molecule is COCCNC(=O)/C(C#N)=C\c1ccc(CN(Cc2ccc(Cl)cc2Cl)S(=O)(=O)c2ccc(C)cc2)o1. The van der Waals surface area contributed by atoms with Crippen molar-refractivity contribution in [2.45, 2.75) is 24.9 Å². The summed E-state index contributed by atoms with van der Waals surface area (Å²) in [6.45, 7) is 2.26. The van der Waals surface area contributed by atoms with E-state index in [0.29, 0.717) is 28.0 Å². The Kier molecular flexibility index (Phi) is 9.92. The molecule has 1 N–H and O–H groups in total. The van der Waals surface area contributed by atoms with Gasteiger partial charge in [0, 0.05) is 36.3 Å². The minimum absolute atomic E-state index is 0.0383. The van der Waals surface area contributed by atoms with E-state index in [1.165, 1.54) is 17.5 Å². The number of hydrogen-bond acceptors (Lipinski definition) is 6. The molecule has 0 aliphatic heterocycles. The van der Waals surface area contributed by atoms with Crippen molar-refractivity contribution in [1.82, 2.24) is 9.62 Å². The van der Waals surface area contributed by atoms with Crippen LogP contribution in [-0.4, -0.2) is 38.9 Å². The van der Waals surface area contributed by atoms with Crippen LogP contribution < -0.4 is 5.32 Å². The van der Waals surface area contributed by atoms with Crippen LogP contribution in [0.1, 0.15) is 22.6 Å². The maximum absolute atomic E-state index is 13.6. The molecular formula is C26H25Cl2N3O5S. The van der Waals surface area contributed by atoms with Crippen LogP contribution in [0, 0.1) is 18.3 Å². The monoisotopic (exact) mass is 561 g/mol. The third-order valence-electron chi connectivity index (χ3n) is 5.28. The van der Waals surface area contributed by atoms with Crippen LogP contribution in [0.3, 0.4) is 0 Å². The van der Waals surface area contributed by atoms with E-state index in [9.17, 15) is 18.5 Å². The number of benzene rings is 2. The Morgan fingerprint density at radius 3 is 2.51 bits per heavy atom. The molecule has 3 rings (SSSR count). The number of carbonyl (C=O) groups excluding carboxylic acids is 1. The topological polar surface area (TPSA) is 113 Å². The Hall–Kier alpha value is -3.13. The van der Waals surface area contributed by atoms with E-state index in [2.05, 4.69) is 5.32 Å². The van der Waals surface area contributed by atoms with E-state index in [0.717, 1.165) is 5.56 Å². The molecule has 2 aromatic carbocycles. The van der Waals surface area contributed by atoms with Crippen LogP contribution in [0.4, 0.5) is 0 Å². The van der Waals surface area contributed by atoms with E-state index in [-0.39, 0.29) is 35.9 Å². The summed E-state index contributed by atoms with van der Waals surface area (Å²) >= 11 is 12.3. The van der Waals surface area contributed by atoms with Gasteiger partial charge in [0.05, 0.1) is 18.0 Å². The summed E-state index contributed by atoms with van der Waals surface area (Å²) < 4.78 is 39.0. The van der Waals surface area contributed by atoms with Crippen LogP contribution in [0.5, 0.6) is 0 Å². The van der Waals surface area contributed by atoms with Gasteiger partial charge >= 0.3 is 0 Å². The van der Waals surface area contributed by atoms with Crippen LogP contribution in [0.2, 0.25) is 10.0 Å². The third kappa shape index (κ3) is 7.68. The molecule has 0 saturated heterocycles. The van der Waals surface area contributed by atoms with Crippen molar-refractivity contribution in [2.24, 2.45) is 0 Å². The number of ether oxygens (including phenoxy) is 1. The molecule has 0 bridgehead atoms. The molecule has 0 saturated carbocycles. The number of rotatable bonds is 11. The minimum Gasteiger partial charge on any atom is -0.460 e. The number of nitriles is 1. The lowest BCUT2D eigenvalue weighted by Crippen LogP contribution is -2.30. The van der Waals surface area contributed by atoms with Gasteiger partial charge in [-0.15, -0.1) is 0 Å². The Labute approximate surface area is 226 Å². The first kappa shape index (κ1) is 28.4. The van der Waals surface area contributed by atoms with Gasteiger partial charge in [-0.2, -0.15) is 9.57 Å². The van der Waals surface area contributed by atoms with E-state index in [1.807, 2.05) is 13.0 Å². The molecular weight excluding hydrogens is 537 g/mol. The van der Waals surface area contributed by atoms with Gasteiger partial charge < -0.3 is 14.5 Å². The molecule has 8 nitrogen and oxygen atoms in total. The van der Waals surface area contributed by atoms with Gasteiger partial charge in [-0.25, -0.2) is 8.42 Å². The molecule has 3 aromatic rings. The van der Waals surface area contributed by atoms with Crippen LogP contribution in [0.15, 0.2) is 69.5 Å². The first-order valence-electron chi connectivity index (χ1n) is 11.1. The zero-order chi connectivity index (χ0) is 27.0. The normalized spacial score (nSPS) is 11.9. The predicted octanol–water partition coefficient (Wildman–Crippen LogP) is 4.96. The van der Waals surface area contributed by atoms with Crippen LogP contribution >= 0.6 is 23.2 Å². The third-order valence-corrected chi connectivity index (χ3v) is 7.67. The molecule has 11 heteroatoms. The second-order valence-corrected chi connectivity index (χ2v) is 10.8. The fraction of sp³-hybridized carbons (Fsp3) is 0.231. The summed E-state index contributed by atoms with van der Waals surface area (Å²) in [5.74, 6) is -0.0341. The molecule has 1 aromatic heterocycles. The number of amides is 1. The second-order valence-electron chi connectivity index (χ2n) is 8.04. The Morgan fingerprint density at radius 1 is 1.14 bits per heavy atom. The number of carbonyl (C=O) groups is 1. The lowest BCUT2D eigenvalue weighted by molar-refractivity contribution is -0.117. The first-order valence-corrected chi connectivity index (χ1v) is 13.3. The molecule has 0 spiro atoms. The summed E-state index contributed by atoms with van der Waals surface area (Å²) in [5.41, 5.74) is 1.33. The highest BCUT2D eigenvalue weighted by molar-refractivity contribution is 7.89. The van der Waals surface area contributed by atoms with Gasteiger partial charge in [-0.3, -0.25) is 4.79 Å². The van der Waals surface area contributed by atoms with Crippen molar-refractivity contribution in [3.8, 4) is 6.07 Å². The van der Waals surface area contributed by atoms with Crippen molar-refractivity contribution in [1.29, 1.82) is 5.26 Å².